The van der Waals surface area contributed by atoms with Crippen LogP contribution in [-0.2, 0) is 18.9 Å². The van der Waals surface area contributed by atoms with E-state index in [1.807, 2.05) is 0 Å². The van der Waals surface area contributed by atoms with Crippen molar-refractivity contribution in [2.24, 2.45) is 23.2 Å². The van der Waals surface area contributed by atoms with E-state index in [-0.39, 0.29) is 23.9 Å². The summed E-state index contributed by atoms with van der Waals surface area (Å²) < 4.78 is 25.3. The van der Waals surface area contributed by atoms with Gasteiger partial charge in [-0.1, -0.05) is 26.2 Å². The van der Waals surface area contributed by atoms with Crippen LogP contribution in [0.1, 0.15) is 78.1 Å². The highest BCUT2D eigenvalue weighted by Crippen LogP contribution is 2.78. The predicted molar refractivity (Wildman–Crippen MR) is 99.7 cm³/mol. The summed E-state index contributed by atoms with van der Waals surface area (Å²) in [6.07, 6.45) is 10.9. The van der Waals surface area contributed by atoms with Crippen molar-refractivity contribution >= 4 is 0 Å². The molecule has 2 heterocycles. The van der Waals surface area contributed by atoms with Crippen LogP contribution in [0.2, 0.25) is 0 Å². The summed E-state index contributed by atoms with van der Waals surface area (Å²) in [4.78, 5) is 0. The lowest BCUT2D eigenvalue weighted by Gasteiger charge is -2.50. The molecule has 1 spiro atoms. The Bertz CT molecular complexity index is 579. The third-order valence-corrected chi connectivity index (χ3v) is 8.53. The van der Waals surface area contributed by atoms with Crippen LogP contribution in [-0.4, -0.2) is 42.3 Å². The molecule has 2 aliphatic heterocycles. The summed E-state index contributed by atoms with van der Waals surface area (Å²) in [5.41, 5.74) is 0.0955. The second-order valence-corrected chi connectivity index (χ2v) is 10.1. The van der Waals surface area contributed by atoms with Crippen molar-refractivity contribution in [1.29, 1.82) is 0 Å². The van der Waals surface area contributed by atoms with E-state index in [0.717, 1.165) is 25.7 Å². The van der Waals surface area contributed by atoms with Crippen molar-refractivity contribution in [3.05, 3.63) is 0 Å². The molecule has 9 atom stereocenters. The van der Waals surface area contributed by atoms with Gasteiger partial charge in [-0.15, -0.1) is 0 Å². The molecule has 5 aliphatic rings. The number of hydrogen-bond acceptors (Lipinski definition) is 5. The zero-order chi connectivity index (χ0) is 18.9. The van der Waals surface area contributed by atoms with E-state index in [9.17, 15) is 5.11 Å². The zero-order valence-corrected chi connectivity index (χ0v) is 17.1. The minimum atomic E-state index is -1.10. The quantitative estimate of drug-likeness (QED) is 0.803. The molecule has 154 valence electrons. The van der Waals surface area contributed by atoms with Crippen LogP contribution in [0.15, 0.2) is 0 Å². The number of hydrogen-bond donors (Lipinski definition) is 1. The number of methoxy groups -OCH3 is 1. The maximum Gasteiger partial charge on any atom is 0.181 e. The molecule has 0 amide bonds. The molecule has 27 heavy (non-hydrogen) atoms. The Kier molecular flexibility index (Phi) is 4.46. The third-order valence-electron chi connectivity index (χ3n) is 8.53. The minimum Gasteiger partial charge on any atom is -0.379 e. The fraction of sp³-hybridized carbons (Fsp3) is 1.00. The average molecular weight is 381 g/mol. The molecule has 5 rings (SSSR count). The summed E-state index contributed by atoms with van der Waals surface area (Å²) >= 11 is 0. The van der Waals surface area contributed by atoms with Crippen LogP contribution in [0.5, 0.6) is 0 Å². The molecule has 0 aromatic heterocycles. The third kappa shape index (κ3) is 2.76. The van der Waals surface area contributed by atoms with Gasteiger partial charge in [-0.3, -0.25) is 0 Å². The first-order chi connectivity index (χ1) is 12.9. The Morgan fingerprint density at radius 1 is 1.00 bits per heavy atom. The van der Waals surface area contributed by atoms with E-state index < -0.39 is 11.6 Å². The van der Waals surface area contributed by atoms with Gasteiger partial charge in [0.2, 0.25) is 0 Å². The Balaban J connectivity index is 1.42. The lowest BCUT2D eigenvalue weighted by atomic mass is 9.62. The topological polar surface area (TPSA) is 57.2 Å². The molecule has 0 bridgehead atoms. The second kappa shape index (κ2) is 6.40. The fourth-order valence-corrected chi connectivity index (χ4v) is 7.20. The molecule has 0 radical (unpaired) electrons. The van der Waals surface area contributed by atoms with Crippen LogP contribution in [0.3, 0.4) is 0 Å². The number of ether oxygens (including phenoxy) is 4. The van der Waals surface area contributed by atoms with Gasteiger partial charge in [0, 0.05) is 31.3 Å². The molecule has 5 heteroatoms. The molecule has 5 unspecified atom stereocenters. The molecule has 0 aromatic carbocycles. The van der Waals surface area contributed by atoms with Crippen molar-refractivity contribution < 1.29 is 24.1 Å². The van der Waals surface area contributed by atoms with Crippen LogP contribution in [0, 0.1) is 23.2 Å². The second-order valence-electron chi connectivity index (χ2n) is 10.1. The molecule has 1 N–H and O–H groups in total. The summed E-state index contributed by atoms with van der Waals surface area (Å²) in [5, 5.41) is 10.8. The highest BCUT2D eigenvalue weighted by atomic mass is 16.8. The number of aliphatic hydroxyl groups is 1. The van der Waals surface area contributed by atoms with Crippen molar-refractivity contribution in [3.63, 3.8) is 0 Å². The zero-order valence-electron chi connectivity index (χ0n) is 17.1. The van der Waals surface area contributed by atoms with E-state index in [1.165, 1.54) is 32.1 Å². The van der Waals surface area contributed by atoms with Crippen LogP contribution in [0.4, 0.5) is 0 Å². The van der Waals surface area contributed by atoms with Crippen LogP contribution in [0.25, 0.3) is 0 Å². The highest BCUT2D eigenvalue weighted by molar-refractivity contribution is 5.23. The summed E-state index contributed by atoms with van der Waals surface area (Å²) in [6, 6.07) is 0. The van der Waals surface area contributed by atoms with E-state index in [2.05, 4.69) is 6.92 Å². The Morgan fingerprint density at radius 3 is 2.56 bits per heavy atom. The molecular weight excluding hydrogens is 344 g/mol. The SMILES string of the molecule is COC1CCCCC1OC1O[C@]23C[C@@]24C(CCCC4[C@H]1C)CC[C@@](C)(O)O3. The van der Waals surface area contributed by atoms with Crippen molar-refractivity contribution in [2.45, 2.75) is 108 Å². The first-order valence-corrected chi connectivity index (χ1v) is 11.2. The predicted octanol–water partition coefficient (Wildman–Crippen LogP) is 3.97. The largest absolute Gasteiger partial charge is 0.379 e. The normalized spacial score (nSPS) is 57.3. The van der Waals surface area contributed by atoms with Crippen LogP contribution >= 0.6 is 0 Å². The maximum atomic E-state index is 10.8. The standard InChI is InChI=1S/C22H36O5/c1-14-16-8-6-7-15-11-12-20(2,23)27-22(13-21(15,16)22)26-19(14)25-18-10-5-4-9-17(18)24-3/h14-19,23H,4-13H2,1-3H3/t14-,15?,16?,17?,18?,19?,20+,21+,22+/m1/s1. The lowest BCUT2D eigenvalue weighted by Crippen LogP contribution is -2.54. The molecule has 3 saturated carbocycles. The fourth-order valence-electron chi connectivity index (χ4n) is 7.20. The first-order valence-electron chi connectivity index (χ1n) is 11.2. The van der Waals surface area contributed by atoms with Gasteiger partial charge < -0.3 is 24.1 Å². The van der Waals surface area contributed by atoms with Gasteiger partial charge >= 0.3 is 0 Å². The first kappa shape index (κ1) is 18.8. The van der Waals surface area contributed by atoms with Gasteiger partial charge in [0.1, 0.15) is 0 Å². The van der Waals surface area contributed by atoms with Crippen LogP contribution < -0.4 is 0 Å². The maximum absolute atomic E-state index is 10.8. The molecule has 5 nitrogen and oxygen atoms in total. The van der Waals surface area contributed by atoms with Gasteiger partial charge in [0.15, 0.2) is 17.9 Å². The van der Waals surface area contributed by atoms with Crippen molar-refractivity contribution in [3.8, 4) is 0 Å². The molecule has 5 fully saturated rings. The Labute approximate surface area is 163 Å². The van der Waals surface area contributed by atoms with Crippen molar-refractivity contribution in [1.82, 2.24) is 0 Å². The van der Waals surface area contributed by atoms with Gasteiger partial charge in [-0.25, -0.2) is 0 Å². The monoisotopic (exact) mass is 380 g/mol. The summed E-state index contributed by atoms with van der Waals surface area (Å²) in [5.74, 6) is -0.217. The Morgan fingerprint density at radius 2 is 1.78 bits per heavy atom. The summed E-state index contributed by atoms with van der Waals surface area (Å²) in [6.45, 7) is 4.11. The lowest BCUT2D eigenvalue weighted by molar-refractivity contribution is -0.385. The highest BCUT2D eigenvalue weighted by Gasteiger charge is 2.82. The Hall–Kier alpha value is -0.200. The molecule has 2 saturated heterocycles. The van der Waals surface area contributed by atoms with Gasteiger partial charge in [-0.05, 0) is 50.9 Å². The average Bonchev–Trinajstić information content (AvgIpc) is 3.28. The van der Waals surface area contributed by atoms with Crippen molar-refractivity contribution in [2.75, 3.05) is 7.11 Å². The van der Waals surface area contributed by atoms with E-state index in [4.69, 9.17) is 18.9 Å². The molecule has 3 aliphatic carbocycles. The van der Waals surface area contributed by atoms with Gasteiger partial charge in [-0.2, -0.15) is 0 Å². The molecular formula is C22H36O5. The van der Waals surface area contributed by atoms with Gasteiger partial charge in [0.25, 0.3) is 0 Å². The molecule has 0 aromatic rings. The smallest absolute Gasteiger partial charge is 0.181 e. The summed E-state index contributed by atoms with van der Waals surface area (Å²) in [7, 11) is 1.79. The van der Waals surface area contributed by atoms with E-state index in [0.29, 0.717) is 24.2 Å². The number of rotatable bonds is 3. The van der Waals surface area contributed by atoms with E-state index >= 15 is 0 Å². The van der Waals surface area contributed by atoms with Gasteiger partial charge in [0.05, 0.1) is 12.2 Å². The minimum absolute atomic E-state index is 0.0955. The van der Waals surface area contributed by atoms with E-state index in [1.54, 1.807) is 14.0 Å².